The lowest BCUT2D eigenvalue weighted by Gasteiger charge is -2.31. The van der Waals surface area contributed by atoms with Crippen molar-refractivity contribution in [1.29, 1.82) is 0 Å². The van der Waals surface area contributed by atoms with Gasteiger partial charge in [0.25, 0.3) is 11.9 Å². The lowest BCUT2D eigenvalue weighted by Crippen LogP contribution is -2.59. The fourth-order valence-corrected chi connectivity index (χ4v) is 1.55. The first-order valence-corrected chi connectivity index (χ1v) is 6.15. The highest BCUT2D eigenvalue weighted by molar-refractivity contribution is 7.86. The normalized spacial score (nSPS) is 20.2. The van der Waals surface area contributed by atoms with Crippen molar-refractivity contribution in [3.05, 3.63) is 0 Å². The van der Waals surface area contributed by atoms with E-state index in [9.17, 15) is 52.3 Å². The van der Waals surface area contributed by atoms with Gasteiger partial charge < -0.3 is 0 Å². The summed E-state index contributed by atoms with van der Waals surface area (Å²) in [5.41, 5.74) is -5.09. The van der Waals surface area contributed by atoms with Gasteiger partial charge in [-0.3, -0.25) is 4.55 Å². The van der Waals surface area contributed by atoms with Gasteiger partial charge in [-0.05, 0) is 0 Å². The average molecular weight is 360 g/mol. The van der Waals surface area contributed by atoms with E-state index in [4.69, 9.17) is 4.55 Å². The van der Waals surface area contributed by atoms with E-state index >= 15 is 0 Å². The third-order valence-corrected chi connectivity index (χ3v) is 2.98. The molecule has 0 fully saturated rings. The van der Waals surface area contributed by atoms with Crippen LogP contribution in [0.3, 0.4) is 0 Å². The number of rotatable bonds is 7. The first-order chi connectivity index (χ1) is 9.08. The number of alkyl halides is 10. The van der Waals surface area contributed by atoms with E-state index in [1.54, 1.807) is 0 Å². The van der Waals surface area contributed by atoms with Crippen LogP contribution in [0.15, 0.2) is 0 Å². The molecule has 4 unspecified atom stereocenters. The van der Waals surface area contributed by atoms with Crippen LogP contribution >= 0.6 is 0 Å². The van der Waals surface area contributed by atoms with Gasteiger partial charge in [-0.15, -0.1) is 0 Å². The Morgan fingerprint density at radius 1 is 0.762 bits per heavy atom. The highest BCUT2D eigenvalue weighted by Crippen LogP contribution is 2.45. The summed E-state index contributed by atoms with van der Waals surface area (Å²) >= 11 is 0. The summed E-state index contributed by atoms with van der Waals surface area (Å²) in [5.74, 6) is -13.1. The highest BCUT2D eigenvalue weighted by atomic mass is 32.2. The summed E-state index contributed by atoms with van der Waals surface area (Å²) in [6.45, 7) is 0. The number of hydrogen-bond acceptors (Lipinski definition) is 2. The van der Waals surface area contributed by atoms with Crippen molar-refractivity contribution in [3.8, 4) is 0 Å². The molecule has 0 saturated carbocycles. The zero-order valence-corrected chi connectivity index (χ0v) is 10.2. The van der Waals surface area contributed by atoms with Gasteiger partial charge >= 0.3 is 22.0 Å². The van der Waals surface area contributed by atoms with Gasteiger partial charge in [0, 0.05) is 0 Å². The Kier molecular flexibility index (Phi) is 5.91. The van der Waals surface area contributed by atoms with Crippen LogP contribution in [0.2, 0.25) is 0 Å². The third kappa shape index (κ3) is 3.90. The lowest BCUT2D eigenvalue weighted by molar-refractivity contribution is -0.265. The van der Waals surface area contributed by atoms with Crippen molar-refractivity contribution < 1.29 is 56.9 Å². The molecular formula is C7H6F10O3S. The molecule has 0 aromatic heterocycles. The number of halogens is 10. The van der Waals surface area contributed by atoms with Crippen molar-refractivity contribution in [1.82, 2.24) is 0 Å². The molecule has 0 amide bonds. The van der Waals surface area contributed by atoms with Crippen molar-refractivity contribution in [2.45, 2.75) is 42.3 Å². The monoisotopic (exact) mass is 360 g/mol. The topological polar surface area (TPSA) is 54.4 Å². The highest BCUT2D eigenvalue weighted by Gasteiger charge is 2.72. The van der Waals surface area contributed by atoms with E-state index < -0.39 is 52.4 Å². The molecule has 0 aliphatic rings. The molecule has 0 aliphatic heterocycles. The van der Waals surface area contributed by atoms with Crippen molar-refractivity contribution >= 4 is 10.1 Å². The van der Waals surface area contributed by atoms with Crippen LogP contribution < -0.4 is 0 Å². The maximum Gasteiger partial charge on any atom is 0.360 e. The molecule has 0 saturated heterocycles. The smallest absolute Gasteiger partial charge is 0.283 e. The largest absolute Gasteiger partial charge is 0.360 e. The SMILES string of the molecule is O=S(=O)(O)C(F)C(F)(F)C(F)(F)C(F)C(F)C(F)C(F)F. The maximum absolute atomic E-state index is 12.9. The van der Waals surface area contributed by atoms with E-state index in [-0.39, 0.29) is 0 Å². The van der Waals surface area contributed by atoms with Crippen LogP contribution in [0.25, 0.3) is 0 Å². The zero-order valence-electron chi connectivity index (χ0n) is 9.34. The van der Waals surface area contributed by atoms with E-state index in [1.807, 2.05) is 0 Å². The molecule has 0 rings (SSSR count). The molecule has 0 aromatic rings. The zero-order chi connectivity index (χ0) is 17.4. The first kappa shape index (κ1) is 20.2. The minimum atomic E-state index is -6.55. The minimum absolute atomic E-state index is 4.24. The summed E-state index contributed by atoms with van der Waals surface area (Å²) in [6, 6.07) is 0. The molecule has 0 radical (unpaired) electrons. The Balaban J connectivity index is 5.54. The van der Waals surface area contributed by atoms with Crippen molar-refractivity contribution in [2.75, 3.05) is 0 Å². The van der Waals surface area contributed by atoms with Crippen molar-refractivity contribution in [2.24, 2.45) is 0 Å². The maximum atomic E-state index is 12.9. The summed E-state index contributed by atoms with van der Waals surface area (Å²) in [6.07, 6.45) is -18.1. The second-order valence-electron chi connectivity index (χ2n) is 3.70. The van der Waals surface area contributed by atoms with E-state index in [0.717, 1.165) is 0 Å². The summed E-state index contributed by atoms with van der Waals surface area (Å²) < 4.78 is 153. The van der Waals surface area contributed by atoms with Gasteiger partial charge in [-0.2, -0.15) is 26.0 Å². The minimum Gasteiger partial charge on any atom is -0.283 e. The van der Waals surface area contributed by atoms with Crippen LogP contribution in [-0.2, 0) is 10.1 Å². The fraction of sp³-hybridized carbons (Fsp3) is 1.00. The first-order valence-electron chi connectivity index (χ1n) is 4.64. The molecule has 128 valence electrons. The second kappa shape index (κ2) is 6.14. The number of hydrogen-bond donors (Lipinski definition) is 1. The lowest BCUT2D eigenvalue weighted by atomic mass is 10.0. The molecule has 1 N–H and O–H groups in total. The predicted molar refractivity (Wildman–Crippen MR) is 47.0 cm³/mol. The second-order valence-corrected chi connectivity index (χ2v) is 5.15. The Labute approximate surface area is 110 Å². The standard InChI is InChI=1S/C7H6F10O3S/c8-1(2(9)4(11)12)3(10)6(14,15)7(16,17)5(13)21(18,19)20/h1-5H,(H,18,19,20). The fourth-order valence-electron chi connectivity index (χ4n) is 1.02. The Bertz CT molecular complexity index is 452. The molecule has 4 atom stereocenters. The molecule has 0 bridgehead atoms. The Morgan fingerprint density at radius 2 is 1.14 bits per heavy atom. The van der Waals surface area contributed by atoms with Crippen LogP contribution in [-0.4, -0.2) is 55.3 Å². The predicted octanol–water partition coefficient (Wildman–Crippen LogP) is 2.72. The van der Waals surface area contributed by atoms with E-state index in [1.165, 1.54) is 0 Å². The van der Waals surface area contributed by atoms with Crippen LogP contribution in [0.5, 0.6) is 0 Å². The van der Waals surface area contributed by atoms with Crippen LogP contribution in [0, 0.1) is 0 Å². The molecule has 0 aromatic carbocycles. The van der Waals surface area contributed by atoms with E-state index in [2.05, 4.69) is 0 Å². The summed E-state index contributed by atoms with van der Waals surface area (Å²) in [4.78, 5) is 0. The van der Waals surface area contributed by atoms with Crippen LogP contribution in [0.4, 0.5) is 43.9 Å². The van der Waals surface area contributed by atoms with Gasteiger partial charge in [0.05, 0.1) is 0 Å². The molecule has 14 heteroatoms. The molecule has 0 aliphatic carbocycles. The Hall–Kier alpha value is -0.790. The van der Waals surface area contributed by atoms with Gasteiger partial charge in [-0.1, -0.05) is 0 Å². The summed E-state index contributed by atoms with van der Waals surface area (Å²) in [5, 5.41) is 0. The molecular weight excluding hydrogens is 354 g/mol. The molecule has 3 nitrogen and oxygen atoms in total. The molecule has 0 spiro atoms. The third-order valence-electron chi connectivity index (χ3n) is 2.16. The van der Waals surface area contributed by atoms with Crippen molar-refractivity contribution in [3.63, 3.8) is 0 Å². The molecule has 21 heavy (non-hydrogen) atoms. The van der Waals surface area contributed by atoms with E-state index in [0.29, 0.717) is 0 Å². The van der Waals surface area contributed by atoms with Gasteiger partial charge in [0.15, 0.2) is 12.3 Å². The molecule has 0 heterocycles. The van der Waals surface area contributed by atoms with Gasteiger partial charge in [-0.25, -0.2) is 26.3 Å². The van der Waals surface area contributed by atoms with Crippen LogP contribution in [0.1, 0.15) is 0 Å². The van der Waals surface area contributed by atoms with Gasteiger partial charge in [0.1, 0.15) is 0 Å². The average Bonchev–Trinajstić information content (AvgIpc) is 2.33. The summed E-state index contributed by atoms with van der Waals surface area (Å²) in [7, 11) is -6.47. The van der Waals surface area contributed by atoms with Gasteiger partial charge in [0.2, 0.25) is 6.17 Å². The Morgan fingerprint density at radius 3 is 1.43 bits per heavy atom. The quantitative estimate of drug-likeness (QED) is 0.561.